The van der Waals surface area contributed by atoms with Crippen molar-refractivity contribution in [3.05, 3.63) is 63.6 Å². The number of rotatable bonds is 5. The lowest BCUT2D eigenvalue weighted by Crippen LogP contribution is -2.36. The zero-order chi connectivity index (χ0) is 15.2. The Balaban J connectivity index is 1.92. The first-order valence-corrected chi connectivity index (χ1v) is 7.79. The highest BCUT2D eigenvalue weighted by Gasteiger charge is 2.15. The number of anilines is 1. The Bertz CT molecular complexity index is 619. The maximum absolute atomic E-state index is 12.1. The molecule has 5 heteroatoms. The van der Waals surface area contributed by atoms with E-state index in [9.17, 15) is 4.79 Å². The molecule has 0 heterocycles. The van der Waals surface area contributed by atoms with Crippen LogP contribution in [0.25, 0.3) is 0 Å². The first-order valence-electron chi connectivity index (χ1n) is 6.62. The second kappa shape index (κ2) is 7.59. The van der Waals surface area contributed by atoms with Crippen molar-refractivity contribution < 1.29 is 4.79 Å². The van der Waals surface area contributed by atoms with Gasteiger partial charge in [0.1, 0.15) is 0 Å². The summed E-state index contributed by atoms with van der Waals surface area (Å²) in [6, 6.07) is 14.7. The number of carbonyl (C=O) groups excluding carboxylic acids is 1. The summed E-state index contributed by atoms with van der Waals surface area (Å²) >= 11 is 9.33. The van der Waals surface area contributed by atoms with Crippen molar-refractivity contribution in [1.29, 1.82) is 0 Å². The molecule has 0 aliphatic carbocycles. The van der Waals surface area contributed by atoms with Crippen molar-refractivity contribution in [3.63, 3.8) is 0 Å². The third kappa shape index (κ3) is 4.56. The second-order valence-corrected chi connectivity index (χ2v) is 5.92. The summed E-state index contributed by atoms with van der Waals surface area (Å²) in [5, 5.41) is 3.34. The van der Waals surface area contributed by atoms with Gasteiger partial charge >= 0.3 is 0 Å². The van der Waals surface area contributed by atoms with E-state index >= 15 is 0 Å². The fraction of sp³-hybridized carbons (Fsp3) is 0.188. The largest absolute Gasteiger partial charge is 0.324 e. The Hall–Kier alpha value is -1.36. The minimum absolute atomic E-state index is 0.214. The molecule has 0 saturated carbocycles. The lowest BCUT2D eigenvalue weighted by molar-refractivity contribution is -0.117. The van der Waals surface area contributed by atoms with Crippen LogP contribution in [-0.2, 0) is 11.2 Å². The molecule has 3 nitrogen and oxygen atoms in total. The quantitative estimate of drug-likeness (QED) is 0.839. The zero-order valence-electron chi connectivity index (χ0n) is 11.4. The Morgan fingerprint density at radius 1 is 1.19 bits per heavy atom. The summed E-state index contributed by atoms with van der Waals surface area (Å²) < 4.78 is 0.662. The molecule has 21 heavy (non-hydrogen) atoms. The van der Waals surface area contributed by atoms with Gasteiger partial charge in [-0.1, -0.05) is 48.0 Å². The molecular formula is C16H16BrClN2O. The molecule has 3 N–H and O–H groups in total. The summed E-state index contributed by atoms with van der Waals surface area (Å²) in [4.78, 5) is 12.1. The summed E-state index contributed by atoms with van der Waals surface area (Å²) in [5.74, 6) is -0.214. The van der Waals surface area contributed by atoms with Crippen molar-refractivity contribution in [2.75, 3.05) is 5.32 Å². The highest BCUT2D eigenvalue weighted by atomic mass is 79.9. The zero-order valence-corrected chi connectivity index (χ0v) is 13.7. The van der Waals surface area contributed by atoms with Crippen LogP contribution in [0.1, 0.15) is 12.0 Å². The van der Waals surface area contributed by atoms with Gasteiger partial charge in [0.2, 0.25) is 5.91 Å². The number of aryl methyl sites for hydroxylation is 1. The van der Waals surface area contributed by atoms with Gasteiger partial charge in [-0.15, -0.1) is 0 Å². The molecule has 110 valence electrons. The van der Waals surface area contributed by atoms with Crippen LogP contribution in [0.4, 0.5) is 5.69 Å². The molecule has 0 aromatic heterocycles. The average Bonchev–Trinajstić information content (AvgIpc) is 2.50. The summed E-state index contributed by atoms with van der Waals surface area (Å²) in [5.41, 5.74) is 7.74. The molecule has 0 unspecified atom stereocenters. The Kier molecular flexibility index (Phi) is 5.79. The van der Waals surface area contributed by atoms with E-state index in [2.05, 4.69) is 21.2 Å². The lowest BCUT2D eigenvalue weighted by Gasteiger charge is -2.13. The van der Waals surface area contributed by atoms with Gasteiger partial charge in [-0.2, -0.15) is 0 Å². The molecule has 0 bridgehead atoms. The number of amides is 1. The lowest BCUT2D eigenvalue weighted by atomic mass is 10.1. The van der Waals surface area contributed by atoms with Crippen LogP contribution in [0.5, 0.6) is 0 Å². The Morgan fingerprint density at radius 2 is 1.90 bits per heavy atom. The van der Waals surface area contributed by atoms with E-state index in [1.165, 1.54) is 5.56 Å². The van der Waals surface area contributed by atoms with Crippen LogP contribution < -0.4 is 11.1 Å². The number of halogens is 2. The highest BCUT2D eigenvalue weighted by molar-refractivity contribution is 9.10. The number of hydrogen-bond donors (Lipinski definition) is 2. The molecule has 1 atom stereocenters. The first kappa shape index (κ1) is 16.0. The number of carbonyl (C=O) groups is 1. The molecule has 0 radical (unpaired) electrons. The third-order valence-electron chi connectivity index (χ3n) is 3.13. The van der Waals surface area contributed by atoms with Gasteiger partial charge in [0.25, 0.3) is 0 Å². The van der Waals surface area contributed by atoms with E-state index < -0.39 is 6.04 Å². The van der Waals surface area contributed by atoms with Crippen molar-refractivity contribution in [1.82, 2.24) is 0 Å². The summed E-state index contributed by atoms with van der Waals surface area (Å²) in [7, 11) is 0. The fourth-order valence-corrected chi connectivity index (χ4v) is 2.46. The molecule has 2 aromatic rings. The van der Waals surface area contributed by atoms with Crippen molar-refractivity contribution in [2.45, 2.75) is 18.9 Å². The van der Waals surface area contributed by atoms with Gasteiger partial charge in [0.15, 0.2) is 0 Å². The smallest absolute Gasteiger partial charge is 0.241 e. The molecular weight excluding hydrogens is 352 g/mol. The van der Waals surface area contributed by atoms with Crippen LogP contribution in [-0.4, -0.2) is 11.9 Å². The van der Waals surface area contributed by atoms with Gasteiger partial charge in [-0.25, -0.2) is 0 Å². The van der Waals surface area contributed by atoms with E-state index in [4.69, 9.17) is 17.3 Å². The summed E-state index contributed by atoms with van der Waals surface area (Å²) in [6.45, 7) is 0. The van der Waals surface area contributed by atoms with Gasteiger partial charge in [-0.3, -0.25) is 4.79 Å². The molecule has 0 aliphatic heterocycles. The van der Waals surface area contributed by atoms with Crippen molar-refractivity contribution in [3.8, 4) is 0 Å². The van der Waals surface area contributed by atoms with E-state index in [-0.39, 0.29) is 5.91 Å². The molecule has 0 spiro atoms. The van der Waals surface area contributed by atoms with E-state index in [1.807, 2.05) is 30.3 Å². The average molecular weight is 368 g/mol. The van der Waals surface area contributed by atoms with Crippen LogP contribution in [0.2, 0.25) is 5.02 Å². The Morgan fingerprint density at radius 3 is 2.62 bits per heavy atom. The minimum atomic E-state index is -0.559. The van der Waals surface area contributed by atoms with E-state index in [1.54, 1.807) is 18.2 Å². The topological polar surface area (TPSA) is 55.1 Å². The van der Waals surface area contributed by atoms with Crippen molar-refractivity contribution >= 4 is 39.1 Å². The molecule has 0 saturated heterocycles. The standard InChI is InChI=1S/C16H16BrClN2O/c17-15-12(18)7-4-8-14(15)20-16(21)13(19)10-9-11-5-2-1-3-6-11/h1-8,13H,9-10,19H2,(H,20,21)/t13-/m0/s1. The normalized spacial score (nSPS) is 12.0. The number of benzene rings is 2. The predicted molar refractivity (Wildman–Crippen MR) is 90.5 cm³/mol. The molecule has 2 aromatic carbocycles. The summed E-state index contributed by atoms with van der Waals surface area (Å²) in [6.07, 6.45) is 1.36. The monoisotopic (exact) mass is 366 g/mol. The van der Waals surface area contributed by atoms with E-state index in [0.717, 1.165) is 6.42 Å². The van der Waals surface area contributed by atoms with Gasteiger partial charge in [-0.05, 0) is 46.5 Å². The predicted octanol–water partition coefficient (Wildman–Crippen LogP) is 4.00. The van der Waals surface area contributed by atoms with Crippen molar-refractivity contribution in [2.24, 2.45) is 5.73 Å². The number of nitrogens with one attached hydrogen (secondary N) is 1. The number of hydrogen-bond acceptors (Lipinski definition) is 2. The molecule has 1 amide bonds. The van der Waals surface area contributed by atoms with E-state index in [0.29, 0.717) is 21.6 Å². The van der Waals surface area contributed by atoms with Gasteiger partial charge < -0.3 is 11.1 Å². The first-order chi connectivity index (χ1) is 10.1. The highest BCUT2D eigenvalue weighted by Crippen LogP contribution is 2.30. The fourth-order valence-electron chi connectivity index (χ4n) is 1.92. The SMILES string of the molecule is N[C@@H](CCc1ccccc1)C(=O)Nc1cccc(Cl)c1Br. The van der Waals surface area contributed by atoms with Gasteiger partial charge in [0.05, 0.1) is 21.2 Å². The van der Waals surface area contributed by atoms with Crippen LogP contribution in [0, 0.1) is 0 Å². The second-order valence-electron chi connectivity index (χ2n) is 4.72. The molecule has 0 aliphatic rings. The number of nitrogens with two attached hydrogens (primary N) is 1. The van der Waals surface area contributed by atoms with Crippen LogP contribution in [0.15, 0.2) is 53.0 Å². The van der Waals surface area contributed by atoms with Crippen LogP contribution >= 0.6 is 27.5 Å². The third-order valence-corrected chi connectivity index (χ3v) is 4.53. The minimum Gasteiger partial charge on any atom is -0.324 e. The molecule has 2 rings (SSSR count). The van der Waals surface area contributed by atoms with Gasteiger partial charge in [0, 0.05) is 0 Å². The maximum atomic E-state index is 12.1. The Labute approximate surface area is 137 Å². The van der Waals surface area contributed by atoms with Crippen LogP contribution in [0.3, 0.4) is 0 Å². The maximum Gasteiger partial charge on any atom is 0.241 e. The molecule has 0 fully saturated rings.